The molecule has 0 fully saturated rings. The predicted octanol–water partition coefficient (Wildman–Crippen LogP) is 2.80. The number of hydrogen-bond acceptors (Lipinski definition) is 4. The fourth-order valence-corrected chi connectivity index (χ4v) is 2.68. The van der Waals surface area contributed by atoms with Crippen LogP contribution in [0, 0.1) is 0 Å². The van der Waals surface area contributed by atoms with Gasteiger partial charge in [0.2, 0.25) is 0 Å². The molecule has 1 aromatic rings. The van der Waals surface area contributed by atoms with Gasteiger partial charge in [0.25, 0.3) is 0 Å². The third-order valence-electron chi connectivity index (χ3n) is 3.49. The Bertz CT molecular complexity index is 617. The SMILES string of the molecule is CC(C)(C)NC(=S)N[C@H](CCCCNC(=O)OCc1ccccc1)C(=O)O. The molecule has 0 aliphatic heterocycles. The van der Waals surface area contributed by atoms with Crippen molar-refractivity contribution in [3.63, 3.8) is 0 Å². The highest BCUT2D eigenvalue weighted by Gasteiger charge is 2.20. The van der Waals surface area contributed by atoms with Crippen LogP contribution in [0.25, 0.3) is 0 Å². The van der Waals surface area contributed by atoms with Crippen molar-refractivity contribution in [1.29, 1.82) is 0 Å². The quantitative estimate of drug-likeness (QED) is 0.377. The van der Waals surface area contributed by atoms with Crippen molar-refractivity contribution in [2.24, 2.45) is 0 Å². The molecule has 0 aliphatic carbocycles. The second kappa shape index (κ2) is 11.4. The summed E-state index contributed by atoms with van der Waals surface area (Å²) in [6.45, 7) is 6.47. The third-order valence-corrected chi connectivity index (χ3v) is 3.71. The Balaban J connectivity index is 2.21. The molecule has 0 saturated heterocycles. The number of hydrogen-bond donors (Lipinski definition) is 4. The zero-order chi connectivity index (χ0) is 20.3. The first-order chi connectivity index (χ1) is 12.7. The summed E-state index contributed by atoms with van der Waals surface area (Å²) in [6, 6.07) is 8.65. The normalized spacial score (nSPS) is 12.0. The van der Waals surface area contributed by atoms with Gasteiger partial charge in [-0.25, -0.2) is 9.59 Å². The number of ether oxygens (including phenoxy) is 1. The highest BCUT2D eigenvalue weighted by Crippen LogP contribution is 2.04. The number of carboxylic acids is 1. The van der Waals surface area contributed by atoms with E-state index in [4.69, 9.17) is 17.0 Å². The largest absolute Gasteiger partial charge is 0.480 e. The number of unbranched alkanes of at least 4 members (excludes halogenated alkanes) is 1. The number of rotatable bonds is 9. The van der Waals surface area contributed by atoms with Gasteiger partial charge in [0.05, 0.1) is 0 Å². The molecule has 27 heavy (non-hydrogen) atoms. The molecular formula is C19H29N3O4S. The number of amides is 1. The maximum absolute atomic E-state index is 11.6. The van der Waals surface area contributed by atoms with Crippen LogP contribution < -0.4 is 16.0 Å². The number of thiocarbonyl (C=S) groups is 1. The van der Waals surface area contributed by atoms with E-state index in [0.29, 0.717) is 30.9 Å². The summed E-state index contributed by atoms with van der Waals surface area (Å²) in [5.74, 6) is -0.955. The van der Waals surface area contributed by atoms with Crippen molar-refractivity contribution in [3.05, 3.63) is 35.9 Å². The topological polar surface area (TPSA) is 99.7 Å². The molecule has 0 aromatic heterocycles. The van der Waals surface area contributed by atoms with Crippen LogP contribution in [0.1, 0.15) is 45.6 Å². The molecule has 0 heterocycles. The van der Waals surface area contributed by atoms with Gasteiger partial charge >= 0.3 is 12.1 Å². The number of nitrogens with one attached hydrogen (secondary N) is 3. The van der Waals surface area contributed by atoms with Crippen LogP contribution >= 0.6 is 12.2 Å². The highest BCUT2D eigenvalue weighted by atomic mass is 32.1. The van der Waals surface area contributed by atoms with Crippen LogP contribution in [0.2, 0.25) is 0 Å². The molecular weight excluding hydrogens is 366 g/mol. The molecule has 0 radical (unpaired) electrons. The number of carboxylic acid groups (broad SMARTS) is 1. The highest BCUT2D eigenvalue weighted by molar-refractivity contribution is 7.80. The molecule has 7 nitrogen and oxygen atoms in total. The smallest absolute Gasteiger partial charge is 0.407 e. The summed E-state index contributed by atoms with van der Waals surface area (Å²) in [5, 5.41) is 18.1. The molecule has 1 amide bonds. The van der Waals surface area contributed by atoms with E-state index in [2.05, 4.69) is 16.0 Å². The van der Waals surface area contributed by atoms with Crippen molar-refractivity contribution < 1.29 is 19.4 Å². The molecule has 8 heteroatoms. The zero-order valence-corrected chi connectivity index (χ0v) is 16.9. The molecule has 0 spiro atoms. The summed E-state index contributed by atoms with van der Waals surface area (Å²) in [6.07, 6.45) is 1.19. The summed E-state index contributed by atoms with van der Waals surface area (Å²) < 4.78 is 5.11. The lowest BCUT2D eigenvalue weighted by Crippen LogP contribution is -2.51. The average molecular weight is 396 g/mol. The van der Waals surface area contributed by atoms with Gasteiger partial charge in [-0.05, 0) is 57.8 Å². The van der Waals surface area contributed by atoms with E-state index in [-0.39, 0.29) is 12.1 Å². The second-order valence-corrected chi connectivity index (χ2v) is 7.63. The van der Waals surface area contributed by atoms with Gasteiger partial charge in [0.1, 0.15) is 12.6 Å². The number of benzene rings is 1. The lowest BCUT2D eigenvalue weighted by molar-refractivity contribution is -0.139. The summed E-state index contributed by atoms with van der Waals surface area (Å²) >= 11 is 5.14. The fourth-order valence-electron chi connectivity index (χ4n) is 2.23. The Kier molecular flexibility index (Phi) is 9.56. The van der Waals surface area contributed by atoms with E-state index in [9.17, 15) is 14.7 Å². The lowest BCUT2D eigenvalue weighted by Gasteiger charge is -2.25. The second-order valence-electron chi connectivity index (χ2n) is 7.22. The van der Waals surface area contributed by atoms with E-state index in [0.717, 1.165) is 5.56 Å². The van der Waals surface area contributed by atoms with Gasteiger partial charge in [-0.1, -0.05) is 30.3 Å². The van der Waals surface area contributed by atoms with E-state index >= 15 is 0 Å². The van der Waals surface area contributed by atoms with Crippen LogP contribution in [0.15, 0.2) is 30.3 Å². The number of alkyl carbamates (subject to hydrolysis) is 1. The lowest BCUT2D eigenvalue weighted by atomic mass is 10.1. The number of carbonyl (C=O) groups is 2. The Morgan fingerprint density at radius 1 is 1.19 bits per heavy atom. The molecule has 150 valence electrons. The standard InChI is InChI=1S/C19H29N3O4S/c1-19(2,3)22-17(27)21-15(16(23)24)11-7-8-12-20-18(25)26-13-14-9-5-4-6-10-14/h4-6,9-10,15H,7-8,11-13H2,1-3H3,(H,20,25)(H,23,24)(H2,21,22,27)/t15-/m1/s1. The minimum Gasteiger partial charge on any atom is -0.480 e. The first-order valence-corrected chi connectivity index (χ1v) is 9.34. The van der Waals surface area contributed by atoms with E-state index < -0.39 is 18.1 Å². The molecule has 1 rings (SSSR count). The van der Waals surface area contributed by atoms with Crippen molar-refractivity contribution in [2.45, 2.75) is 58.2 Å². The summed E-state index contributed by atoms with van der Waals surface area (Å²) in [7, 11) is 0. The molecule has 0 aliphatic rings. The van der Waals surface area contributed by atoms with Gasteiger partial charge in [-0.3, -0.25) is 0 Å². The molecule has 0 unspecified atom stereocenters. The number of aliphatic carboxylic acids is 1. The van der Waals surface area contributed by atoms with Gasteiger partial charge < -0.3 is 25.8 Å². The first-order valence-electron chi connectivity index (χ1n) is 8.93. The molecule has 1 atom stereocenters. The predicted molar refractivity (Wildman–Crippen MR) is 109 cm³/mol. The van der Waals surface area contributed by atoms with E-state index in [1.807, 2.05) is 51.1 Å². The maximum atomic E-state index is 11.6. The minimum atomic E-state index is -0.955. The summed E-state index contributed by atoms with van der Waals surface area (Å²) in [4.78, 5) is 23.0. The third kappa shape index (κ3) is 11.1. The van der Waals surface area contributed by atoms with Crippen molar-refractivity contribution >= 4 is 29.4 Å². The van der Waals surface area contributed by atoms with Crippen LogP contribution in [0.3, 0.4) is 0 Å². The first kappa shape index (κ1) is 22.7. The molecule has 0 saturated carbocycles. The molecule has 4 N–H and O–H groups in total. The van der Waals surface area contributed by atoms with Crippen LogP contribution in [-0.4, -0.2) is 40.4 Å². The average Bonchev–Trinajstić information content (AvgIpc) is 2.57. The monoisotopic (exact) mass is 395 g/mol. The van der Waals surface area contributed by atoms with Crippen molar-refractivity contribution in [3.8, 4) is 0 Å². The Hall–Kier alpha value is -2.35. The Morgan fingerprint density at radius 3 is 2.44 bits per heavy atom. The minimum absolute atomic E-state index is 0.218. The van der Waals surface area contributed by atoms with Gasteiger partial charge in [0, 0.05) is 12.1 Å². The van der Waals surface area contributed by atoms with Crippen LogP contribution in [0.4, 0.5) is 4.79 Å². The Morgan fingerprint density at radius 2 is 1.85 bits per heavy atom. The van der Waals surface area contributed by atoms with E-state index in [1.165, 1.54) is 0 Å². The summed E-state index contributed by atoms with van der Waals surface area (Å²) in [5.41, 5.74) is 0.680. The van der Waals surface area contributed by atoms with Crippen molar-refractivity contribution in [2.75, 3.05) is 6.54 Å². The van der Waals surface area contributed by atoms with Crippen molar-refractivity contribution in [1.82, 2.24) is 16.0 Å². The van der Waals surface area contributed by atoms with Crippen LogP contribution in [0.5, 0.6) is 0 Å². The van der Waals surface area contributed by atoms with E-state index in [1.54, 1.807) is 0 Å². The van der Waals surface area contributed by atoms with Crippen LogP contribution in [-0.2, 0) is 16.1 Å². The van der Waals surface area contributed by atoms with Gasteiger partial charge in [-0.15, -0.1) is 0 Å². The fraction of sp³-hybridized carbons (Fsp3) is 0.526. The molecule has 0 bridgehead atoms. The van der Waals surface area contributed by atoms with Gasteiger partial charge in [0.15, 0.2) is 5.11 Å². The van der Waals surface area contributed by atoms with Gasteiger partial charge in [-0.2, -0.15) is 0 Å². The Labute approximate surface area is 165 Å². The number of carbonyl (C=O) groups excluding carboxylic acids is 1. The zero-order valence-electron chi connectivity index (χ0n) is 16.1. The maximum Gasteiger partial charge on any atom is 0.407 e. The molecule has 1 aromatic carbocycles.